The number of amides is 1. The van der Waals surface area contributed by atoms with Crippen LogP contribution in [0.15, 0.2) is 42.5 Å². The maximum atomic E-state index is 13.7. The van der Waals surface area contributed by atoms with Crippen molar-refractivity contribution in [2.75, 3.05) is 27.4 Å². The highest BCUT2D eigenvalue weighted by atomic mass is 16.5. The fraction of sp³-hybridized carbons (Fsp3) is 0.515. The quantitative estimate of drug-likeness (QED) is 0.219. The van der Waals surface area contributed by atoms with Crippen molar-refractivity contribution >= 4 is 23.4 Å². The first-order valence-corrected chi connectivity index (χ1v) is 14.5. The SMILES string of the molecule is CCC(C)(C)C(=O)C(=O)N1CCCC[C@H]1C(=O)O[C@@H](CCc1ccc(OC)c(OC)c1)c1ccc(OCC(C)=O)cc1. The van der Waals surface area contributed by atoms with Crippen molar-refractivity contribution in [3.8, 4) is 17.2 Å². The topological polar surface area (TPSA) is 108 Å². The molecule has 0 radical (unpaired) electrons. The van der Waals surface area contributed by atoms with E-state index in [1.807, 2.05) is 25.1 Å². The lowest BCUT2D eigenvalue weighted by Crippen LogP contribution is -2.53. The number of Topliss-reactive ketones (excluding diaryl/α,β-unsaturated/α-hetero) is 2. The number of ether oxygens (including phenoxy) is 4. The van der Waals surface area contributed by atoms with Crippen LogP contribution < -0.4 is 14.2 Å². The molecule has 1 heterocycles. The number of carbonyl (C=O) groups is 4. The highest BCUT2D eigenvalue weighted by Gasteiger charge is 2.41. The van der Waals surface area contributed by atoms with E-state index in [1.165, 1.54) is 11.8 Å². The molecule has 3 rings (SSSR count). The molecule has 0 aliphatic carbocycles. The van der Waals surface area contributed by atoms with Gasteiger partial charge in [0.2, 0.25) is 5.78 Å². The fourth-order valence-corrected chi connectivity index (χ4v) is 4.81. The Kier molecular flexibility index (Phi) is 11.5. The first kappa shape index (κ1) is 32.6. The molecule has 2 aromatic carbocycles. The van der Waals surface area contributed by atoms with Gasteiger partial charge in [-0.1, -0.05) is 39.0 Å². The summed E-state index contributed by atoms with van der Waals surface area (Å²) in [5, 5.41) is 0. The third-order valence-corrected chi connectivity index (χ3v) is 7.82. The Hall–Kier alpha value is -3.88. The predicted octanol–water partition coefficient (Wildman–Crippen LogP) is 5.28. The molecule has 2 atom stereocenters. The van der Waals surface area contributed by atoms with E-state index in [0.717, 1.165) is 24.0 Å². The summed E-state index contributed by atoms with van der Waals surface area (Å²) in [5.74, 6) is 0.0144. The number of methoxy groups -OCH3 is 2. The van der Waals surface area contributed by atoms with E-state index < -0.39 is 35.2 Å². The number of aryl methyl sites for hydroxylation is 1. The van der Waals surface area contributed by atoms with Crippen LogP contribution in [0.1, 0.15) is 77.0 Å². The van der Waals surface area contributed by atoms with Crippen LogP contribution in [0.2, 0.25) is 0 Å². The van der Waals surface area contributed by atoms with E-state index in [9.17, 15) is 19.2 Å². The molecule has 42 heavy (non-hydrogen) atoms. The number of benzene rings is 2. The normalized spacial score (nSPS) is 15.9. The van der Waals surface area contributed by atoms with Crippen molar-refractivity contribution in [2.45, 2.75) is 78.4 Å². The van der Waals surface area contributed by atoms with Crippen LogP contribution in [0.4, 0.5) is 0 Å². The molecule has 2 aromatic rings. The number of piperidine rings is 1. The van der Waals surface area contributed by atoms with Crippen LogP contribution >= 0.6 is 0 Å². The predicted molar refractivity (Wildman–Crippen MR) is 158 cm³/mol. The lowest BCUT2D eigenvalue weighted by Gasteiger charge is -2.36. The van der Waals surface area contributed by atoms with Crippen molar-refractivity contribution in [1.82, 2.24) is 4.90 Å². The second-order valence-corrected chi connectivity index (χ2v) is 11.3. The Labute approximate surface area is 248 Å². The van der Waals surface area contributed by atoms with Gasteiger partial charge in [-0.25, -0.2) is 4.79 Å². The molecule has 0 bridgehead atoms. The highest BCUT2D eigenvalue weighted by Crippen LogP contribution is 2.32. The Morgan fingerprint density at radius 1 is 0.976 bits per heavy atom. The van der Waals surface area contributed by atoms with Gasteiger partial charge in [-0.3, -0.25) is 14.4 Å². The first-order chi connectivity index (χ1) is 20.0. The smallest absolute Gasteiger partial charge is 0.329 e. The van der Waals surface area contributed by atoms with Crippen LogP contribution in [0.5, 0.6) is 17.2 Å². The van der Waals surface area contributed by atoms with E-state index in [4.69, 9.17) is 18.9 Å². The van der Waals surface area contributed by atoms with E-state index in [0.29, 0.717) is 49.5 Å². The van der Waals surface area contributed by atoms with Crippen molar-refractivity contribution in [2.24, 2.45) is 5.41 Å². The zero-order chi connectivity index (χ0) is 30.9. The van der Waals surface area contributed by atoms with Gasteiger partial charge in [-0.05, 0) is 80.8 Å². The maximum Gasteiger partial charge on any atom is 0.329 e. The number of nitrogens with zero attached hydrogens (tertiary/aromatic N) is 1. The number of rotatable bonds is 14. The third-order valence-electron chi connectivity index (χ3n) is 7.82. The molecular weight excluding hydrogens is 538 g/mol. The molecule has 0 unspecified atom stereocenters. The van der Waals surface area contributed by atoms with Gasteiger partial charge in [-0.15, -0.1) is 0 Å². The zero-order valence-electron chi connectivity index (χ0n) is 25.6. The maximum absolute atomic E-state index is 13.7. The van der Waals surface area contributed by atoms with Gasteiger partial charge in [0.1, 0.15) is 24.5 Å². The number of esters is 1. The minimum Gasteiger partial charge on any atom is -0.493 e. The number of ketones is 2. The Morgan fingerprint density at radius 3 is 2.29 bits per heavy atom. The summed E-state index contributed by atoms with van der Waals surface area (Å²) >= 11 is 0. The van der Waals surface area contributed by atoms with Crippen molar-refractivity contribution in [3.63, 3.8) is 0 Å². The van der Waals surface area contributed by atoms with Gasteiger partial charge < -0.3 is 23.8 Å². The molecule has 228 valence electrons. The number of likely N-dealkylation sites (tertiary alicyclic amines) is 1. The monoisotopic (exact) mass is 581 g/mol. The van der Waals surface area contributed by atoms with E-state index in [2.05, 4.69) is 0 Å². The van der Waals surface area contributed by atoms with Crippen LogP contribution in [0, 0.1) is 5.41 Å². The van der Waals surface area contributed by atoms with Gasteiger partial charge in [0, 0.05) is 12.0 Å². The summed E-state index contributed by atoms with van der Waals surface area (Å²) in [6.45, 7) is 7.12. The summed E-state index contributed by atoms with van der Waals surface area (Å²) in [4.78, 5) is 52.6. The van der Waals surface area contributed by atoms with Crippen molar-refractivity contribution < 1.29 is 38.1 Å². The third kappa shape index (κ3) is 8.33. The second kappa shape index (κ2) is 14.8. The van der Waals surface area contributed by atoms with Crippen LogP contribution in [0.25, 0.3) is 0 Å². The highest BCUT2D eigenvalue weighted by molar-refractivity contribution is 6.38. The van der Waals surface area contributed by atoms with Crippen LogP contribution in [0.3, 0.4) is 0 Å². The molecule has 1 aliphatic heterocycles. The molecule has 0 N–H and O–H groups in total. The number of hydrogen-bond acceptors (Lipinski definition) is 8. The van der Waals surface area contributed by atoms with E-state index in [-0.39, 0.29) is 12.4 Å². The Balaban J connectivity index is 1.84. The van der Waals surface area contributed by atoms with Crippen LogP contribution in [-0.4, -0.2) is 61.8 Å². The second-order valence-electron chi connectivity index (χ2n) is 11.3. The molecule has 0 saturated carbocycles. The lowest BCUT2D eigenvalue weighted by molar-refractivity contribution is -0.164. The van der Waals surface area contributed by atoms with E-state index >= 15 is 0 Å². The van der Waals surface area contributed by atoms with Crippen LogP contribution in [-0.2, 0) is 30.3 Å². The van der Waals surface area contributed by atoms with Crippen molar-refractivity contribution in [1.29, 1.82) is 0 Å². The Bertz CT molecular complexity index is 1250. The van der Waals surface area contributed by atoms with Gasteiger partial charge in [0.15, 0.2) is 17.3 Å². The summed E-state index contributed by atoms with van der Waals surface area (Å²) in [6.07, 6.45) is 2.83. The number of carbonyl (C=O) groups excluding carboxylic acids is 4. The fourth-order valence-electron chi connectivity index (χ4n) is 4.81. The molecule has 1 fully saturated rings. The average molecular weight is 582 g/mol. The van der Waals surface area contributed by atoms with Crippen molar-refractivity contribution in [3.05, 3.63) is 53.6 Å². The molecule has 9 heteroatoms. The summed E-state index contributed by atoms with van der Waals surface area (Å²) in [5.41, 5.74) is 0.907. The molecular formula is C33H43NO8. The molecule has 0 spiro atoms. The molecule has 9 nitrogen and oxygen atoms in total. The minimum absolute atomic E-state index is 0.0316. The van der Waals surface area contributed by atoms with E-state index in [1.54, 1.807) is 52.3 Å². The van der Waals surface area contributed by atoms with Gasteiger partial charge in [-0.2, -0.15) is 0 Å². The van der Waals surface area contributed by atoms with Gasteiger partial charge >= 0.3 is 5.97 Å². The molecule has 1 saturated heterocycles. The standard InChI is InChI=1S/C33H43NO8/c1-7-33(3,4)30(36)31(37)34-19-9-8-10-26(34)32(38)42-27(24-13-15-25(16-14-24)41-21-22(2)35)17-11-23-12-18-28(39-5)29(20-23)40-6/h12-16,18,20,26-27H,7-11,17,19,21H2,1-6H3/t26-,27-/m0/s1. The summed E-state index contributed by atoms with van der Waals surface area (Å²) in [6, 6.07) is 11.9. The minimum atomic E-state index is -0.829. The summed E-state index contributed by atoms with van der Waals surface area (Å²) in [7, 11) is 3.15. The number of hydrogen-bond donors (Lipinski definition) is 0. The first-order valence-electron chi connectivity index (χ1n) is 14.5. The summed E-state index contributed by atoms with van der Waals surface area (Å²) < 4.78 is 22.4. The largest absolute Gasteiger partial charge is 0.493 e. The molecule has 1 amide bonds. The average Bonchev–Trinajstić information content (AvgIpc) is 3.01. The zero-order valence-corrected chi connectivity index (χ0v) is 25.6. The van der Waals surface area contributed by atoms with Gasteiger partial charge in [0.25, 0.3) is 5.91 Å². The molecule has 0 aromatic heterocycles. The van der Waals surface area contributed by atoms with Gasteiger partial charge in [0.05, 0.1) is 14.2 Å². The Morgan fingerprint density at radius 2 is 1.67 bits per heavy atom. The molecule has 1 aliphatic rings. The lowest BCUT2D eigenvalue weighted by atomic mass is 9.84.